The number of hydrogen-bond acceptors (Lipinski definition) is 6. The van der Waals surface area contributed by atoms with E-state index in [0.717, 1.165) is 10.9 Å². The smallest absolute Gasteiger partial charge is 0.326 e. The standard InChI is InChI=1S/C21H30N2O5/c1-14-16-12-15(26-7)8-9-17(16)27-19(14)20(25)23(11-10-22(5)6)13-18(24)28-21(2,3)4/h8-9,12H,10-11,13H2,1-7H3. The van der Waals surface area contributed by atoms with Crippen molar-refractivity contribution in [2.75, 3.05) is 40.8 Å². The first kappa shape index (κ1) is 21.8. The van der Waals surface area contributed by atoms with E-state index in [1.54, 1.807) is 40.0 Å². The number of rotatable bonds is 7. The molecule has 0 saturated carbocycles. The van der Waals surface area contributed by atoms with Crippen molar-refractivity contribution < 1.29 is 23.5 Å². The molecule has 2 aromatic rings. The van der Waals surface area contributed by atoms with E-state index >= 15 is 0 Å². The first-order chi connectivity index (χ1) is 13.0. The molecule has 1 heterocycles. The number of likely N-dealkylation sites (N-methyl/N-ethyl adjacent to an activating group) is 1. The molecule has 0 spiro atoms. The van der Waals surface area contributed by atoms with Gasteiger partial charge in [-0.05, 0) is 60.0 Å². The molecule has 1 aromatic carbocycles. The predicted octanol–water partition coefficient (Wildman–Crippen LogP) is 3.10. The van der Waals surface area contributed by atoms with Gasteiger partial charge in [0.1, 0.15) is 23.5 Å². The van der Waals surface area contributed by atoms with Gasteiger partial charge in [0, 0.05) is 24.0 Å². The van der Waals surface area contributed by atoms with Gasteiger partial charge in [-0.15, -0.1) is 0 Å². The third-order valence-electron chi connectivity index (χ3n) is 4.18. The maximum atomic E-state index is 13.2. The van der Waals surface area contributed by atoms with Crippen molar-refractivity contribution in [3.63, 3.8) is 0 Å². The number of esters is 1. The summed E-state index contributed by atoms with van der Waals surface area (Å²) in [7, 11) is 5.41. The maximum Gasteiger partial charge on any atom is 0.326 e. The van der Waals surface area contributed by atoms with E-state index in [1.807, 2.05) is 32.0 Å². The van der Waals surface area contributed by atoms with Gasteiger partial charge in [0.25, 0.3) is 5.91 Å². The minimum atomic E-state index is -0.612. The first-order valence-corrected chi connectivity index (χ1v) is 9.25. The summed E-state index contributed by atoms with van der Waals surface area (Å²) in [4.78, 5) is 28.9. The fourth-order valence-corrected chi connectivity index (χ4v) is 2.78. The van der Waals surface area contributed by atoms with Gasteiger partial charge in [0.05, 0.1) is 7.11 Å². The molecule has 0 aliphatic carbocycles. The van der Waals surface area contributed by atoms with E-state index in [1.165, 1.54) is 4.90 Å². The quantitative estimate of drug-likeness (QED) is 0.677. The molecule has 0 radical (unpaired) electrons. The molecule has 7 nitrogen and oxygen atoms in total. The van der Waals surface area contributed by atoms with Crippen LogP contribution in [0.4, 0.5) is 0 Å². The Hall–Kier alpha value is -2.54. The summed E-state index contributed by atoms with van der Waals surface area (Å²) in [6, 6.07) is 5.39. The molecule has 0 saturated heterocycles. The van der Waals surface area contributed by atoms with Crippen LogP contribution >= 0.6 is 0 Å². The van der Waals surface area contributed by atoms with Gasteiger partial charge in [0.2, 0.25) is 0 Å². The molecular weight excluding hydrogens is 360 g/mol. The third-order valence-corrected chi connectivity index (χ3v) is 4.18. The second kappa shape index (κ2) is 8.65. The highest BCUT2D eigenvalue weighted by atomic mass is 16.6. The summed E-state index contributed by atoms with van der Waals surface area (Å²) in [6.07, 6.45) is 0. The molecule has 2 rings (SSSR count). The zero-order valence-electron chi connectivity index (χ0n) is 17.8. The summed E-state index contributed by atoms with van der Waals surface area (Å²) >= 11 is 0. The molecular formula is C21H30N2O5. The van der Waals surface area contributed by atoms with Gasteiger partial charge >= 0.3 is 5.97 Å². The van der Waals surface area contributed by atoms with Crippen LogP contribution in [0.3, 0.4) is 0 Å². The molecule has 0 bridgehead atoms. The fourth-order valence-electron chi connectivity index (χ4n) is 2.78. The van der Waals surface area contributed by atoms with Crippen LogP contribution in [0.1, 0.15) is 36.9 Å². The normalized spacial score (nSPS) is 11.7. The van der Waals surface area contributed by atoms with Crippen molar-refractivity contribution in [1.29, 1.82) is 0 Å². The molecule has 0 atom stereocenters. The molecule has 154 valence electrons. The van der Waals surface area contributed by atoms with Crippen LogP contribution in [0.15, 0.2) is 22.6 Å². The lowest BCUT2D eigenvalue weighted by Crippen LogP contribution is -2.42. The number of ether oxygens (including phenoxy) is 2. The molecule has 0 aliphatic rings. The number of amides is 1. The molecule has 0 unspecified atom stereocenters. The average Bonchev–Trinajstić information content (AvgIpc) is 2.92. The summed E-state index contributed by atoms with van der Waals surface area (Å²) in [5.74, 6) is 0.134. The fraction of sp³-hybridized carbons (Fsp3) is 0.524. The molecule has 28 heavy (non-hydrogen) atoms. The van der Waals surface area contributed by atoms with Crippen LogP contribution in [0, 0.1) is 6.92 Å². The Morgan fingerprint density at radius 3 is 2.39 bits per heavy atom. The number of carbonyl (C=O) groups is 2. The first-order valence-electron chi connectivity index (χ1n) is 9.25. The third kappa shape index (κ3) is 5.48. The zero-order valence-corrected chi connectivity index (χ0v) is 17.8. The molecule has 0 aliphatic heterocycles. The van der Waals surface area contributed by atoms with Crippen molar-refractivity contribution >= 4 is 22.8 Å². The van der Waals surface area contributed by atoms with Gasteiger partial charge in [0.15, 0.2) is 5.76 Å². The van der Waals surface area contributed by atoms with Crippen LogP contribution in [-0.2, 0) is 9.53 Å². The number of carbonyl (C=O) groups excluding carboxylic acids is 2. The largest absolute Gasteiger partial charge is 0.497 e. The molecule has 0 fully saturated rings. The van der Waals surface area contributed by atoms with Gasteiger partial charge in [-0.3, -0.25) is 9.59 Å². The van der Waals surface area contributed by atoms with Gasteiger partial charge in [-0.2, -0.15) is 0 Å². The Kier molecular flexibility index (Phi) is 6.72. The van der Waals surface area contributed by atoms with E-state index in [0.29, 0.717) is 24.4 Å². The molecule has 1 amide bonds. The SMILES string of the molecule is COc1ccc2oc(C(=O)N(CCN(C)C)CC(=O)OC(C)(C)C)c(C)c2c1. The Morgan fingerprint density at radius 1 is 1.14 bits per heavy atom. The number of benzene rings is 1. The average molecular weight is 390 g/mol. The Morgan fingerprint density at radius 2 is 1.82 bits per heavy atom. The highest BCUT2D eigenvalue weighted by Gasteiger charge is 2.27. The second-order valence-corrected chi connectivity index (χ2v) is 8.03. The number of furan rings is 1. The topological polar surface area (TPSA) is 72.2 Å². The van der Waals surface area contributed by atoms with E-state index in [2.05, 4.69) is 0 Å². The number of fused-ring (bicyclic) bond motifs is 1. The van der Waals surface area contributed by atoms with Crippen LogP contribution < -0.4 is 4.74 Å². The number of methoxy groups -OCH3 is 1. The molecule has 1 aromatic heterocycles. The van der Waals surface area contributed by atoms with Crippen LogP contribution in [0.25, 0.3) is 11.0 Å². The lowest BCUT2D eigenvalue weighted by Gasteiger charge is -2.25. The number of hydrogen-bond donors (Lipinski definition) is 0. The lowest BCUT2D eigenvalue weighted by molar-refractivity contribution is -0.155. The van der Waals surface area contributed by atoms with E-state index in [-0.39, 0.29) is 18.2 Å². The van der Waals surface area contributed by atoms with Gasteiger partial charge < -0.3 is 23.7 Å². The van der Waals surface area contributed by atoms with Crippen molar-refractivity contribution in [1.82, 2.24) is 9.80 Å². The number of aryl methyl sites for hydroxylation is 1. The van der Waals surface area contributed by atoms with Crippen molar-refractivity contribution in [3.05, 3.63) is 29.5 Å². The minimum absolute atomic E-state index is 0.135. The monoisotopic (exact) mass is 390 g/mol. The Labute approximate surface area is 166 Å². The molecule has 7 heteroatoms. The lowest BCUT2D eigenvalue weighted by atomic mass is 10.1. The number of nitrogens with zero attached hydrogens (tertiary/aromatic N) is 2. The summed E-state index contributed by atoms with van der Waals surface area (Å²) < 4.78 is 16.5. The van der Waals surface area contributed by atoms with Gasteiger partial charge in [-0.25, -0.2) is 0 Å². The van der Waals surface area contributed by atoms with Crippen molar-refractivity contribution in [2.24, 2.45) is 0 Å². The van der Waals surface area contributed by atoms with Crippen LogP contribution in [0.2, 0.25) is 0 Å². The van der Waals surface area contributed by atoms with Crippen LogP contribution in [-0.4, -0.2) is 68.1 Å². The summed E-state index contributed by atoms with van der Waals surface area (Å²) in [5.41, 5.74) is 0.712. The van der Waals surface area contributed by atoms with Crippen LogP contribution in [0.5, 0.6) is 5.75 Å². The minimum Gasteiger partial charge on any atom is -0.497 e. The maximum absolute atomic E-state index is 13.2. The van der Waals surface area contributed by atoms with E-state index < -0.39 is 11.6 Å². The highest BCUT2D eigenvalue weighted by Crippen LogP contribution is 2.29. The Balaban J connectivity index is 2.31. The zero-order chi connectivity index (χ0) is 21.1. The molecule has 0 N–H and O–H groups in total. The summed E-state index contributed by atoms with van der Waals surface area (Å²) in [5, 5.41) is 0.813. The van der Waals surface area contributed by atoms with Crippen molar-refractivity contribution in [3.8, 4) is 5.75 Å². The second-order valence-electron chi connectivity index (χ2n) is 8.03. The highest BCUT2D eigenvalue weighted by molar-refractivity contribution is 6.00. The summed E-state index contributed by atoms with van der Waals surface area (Å²) in [6.45, 7) is 8.08. The van der Waals surface area contributed by atoms with E-state index in [9.17, 15) is 9.59 Å². The predicted molar refractivity (Wildman–Crippen MR) is 108 cm³/mol. The Bertz CT molecular complexity index is 848. The van der Waals surface area contributed by atoms with E-state index in [4.69, 9.17) is 13.9 Å². The van der Waals surface area contributed by atoms with Gasteiger partial charge in [-0.1, -0.05) is 0 Å². The van der Waals surface area contributed by atoms with Crippen molar-refractivity contribution in [2.45, 2.75) is 33.3 Å².